The number of hydrogen-bond donors (Lipinski definition) is 1. The van der Waals surface area contributed by atoms with Crippen LogP contribution in [-0.4, -0.2) is 23.7 Å². The quantitative estimate of drug-likeness (QED) is 0.860. The van der Waals surface area contributed by atoms with E-state index in [2.05, 4.69) is 24.1 Å². The van der Waals surface area contributed by atoms with E-state index in [9.17, 15) is 0 Å². The molecule has 1 saturated heterocycles. The van der Waals surface area contributed by atoms with E-state index in [1.54, 1.807) is 11.3 Å². The van der Waals surface area contributed by atoms with Gasteiger partial charge in [0.1, 0.15) is 0 Å². The molecule has 0 radical (unpaired) electrons. The first kappa shape index (κ1) is 14.0. The van der Waals surface area contributed by atoms with Crippen LogP contribution < -0.4 is 5.32 Å². The highest BCUT2D eigenvalue weighted by atomic mass is 32.1. The van der Waals surface area contributed by atoms with Crippen LogP contribution in [0.1, 0.15) is 44.4 Å². The van der Waals surface area contributed by atoms with Crippen LogP contribution in [0.15, 0.2) is 11.7 Å². The minimum Gasteiger partial charge on any atom is -0.378 e. The van der Waals surface area contributed by atoms with Crippen molar-refractivity contribution in [3.05, 3.63) is 16.6 Å². The Bertz CT molecular complexity index is 325. The molecule has 102 valence electrons. The summed E-state index contributed by atoms with van der Waals surface area (Å²) in [4.78, 5) is 5.43. The van der Waals surface area contributed by atoms with Crippen molar-refractivity contribution in [1.82, 2.24) is 10.3 Å². The van der Waals surface area contributed by atoms with Crippen molar-refractivity contribution in [2.45, 2.75) is 58.2 Å². The second-order valence-electron chi connectivity index (χ2n) is 5.06. The first-order valence-electron chi connectivity index (χ1n) is 7.05. The van der Waals surface area contributed by atoms with Crippen molar-refractivity contribution in [3.63, 3.8) is 0 Å². The fourth-order valence-electron chi connectivity index (χ4n) is 2.73. The van der Waals surface area contributed by atoms with Gasteiger partial charge in [-0.2, -0.15) is 0 Å². The SMILES string of the molecule is CCC(CC)[C@@H]1C[C@H](NCc2cncs2)CCO1. The highest BCUT2D eigenvalue weighted by molar-refractivity contribution is 7.09. The predicted octanol–water partition coefficient (Wildman–Crippen LogP) is 3.22. The average Bonchev–Trinajstić information content (AvgIpc) is 2.92. The van der Waals surface area contributed by atoms with Gasteiger partial charge in [-0.15, -0.1) is 11.3 Å². The molecule has 4 heteroatoms. The maximum absolute atomic E-state index is 5.94. The largest absolute Gasteiger partial charge is 0.378 e. The summed E-state index contributed by atoms with van der Waals surface area (Å²) in [5.74, 6) is 0.720. The van der Waals surface area contributed by atoms with Crippen LogP contribution in [0.5, 0.6) is 0 Å². The van der Waals surface area contributed by atoms with Crippen LogP contribution in [-0.2, 0) is 11.3 Å². The molecule has 0 spiro atoms. The topological polar surface area (TPSA) is 34.2 Å². The molecular weight excluding hydrogens is 244 g/mol. The summed E-state index contributed by atoms with van der Waals surface area (Å²) in [6.45, 7) is 6.39. The summed E-state index contributed by atoms with van der Waals surface area (Å²) in [5, 5.41) is 3.65. The second-order valence-corrected chi connectivity index (χ2v) is 6.03. The van der Waals surface area contributed by atoms with Crippen molar-refractivity contribution in [1.29, 1.82) is 0 Å². The van der Waals surface area contributed by atoms with E-state index in [4.69, 9.17) is 4.74 Å². The van der Waals surface area contributed by atoms with E-state index in [0.717, 1.165) is 31.9 Å². The van der Waals surface area contributed by atoms with Gasteiger partial charge in [0.05, 0.1) is 11.6 Å². The molecular formula is C14H24N2OS. The maximum atomic E-state index is 5.94. The normalized spacial score (nSPS) is 24.6. The monoisotopic (exact) mass is 268 g/mol. The Balaban J connectivity index is 1.79. The molecule has 2 atom stereocenters. The molecule has 0 bridgehead atoms. The summed E-state index contributed by atoms with van der Waals surface area (Å²) < 4.78 is 5.94. The number of aromatic nitrogens is 1. The predicted molar refractivity (Wildman–Crippen MR) is 75.8 cm³/mol. The van der Waals surface area contributed by atoms with Gasteiger partial charge in [0, 0.05) is 30.3 Å². The van der Waals surface area contributed by atoms with Crippen molar-refractivity contribution in [2.24, 2.45) is 5.92 Å². The van der Waals surface area contributed by atoms with Gasteiger partial charge in [0.25, 0.3) is 0 Å². The van der Waals surface area contributed by atoms with E-state index in [0.29, 0.717) is 12.1 Å². The lowest BCUT2D eigenvalue weighted by Crippen LogP contribution is -2.41. The Morgan fingerprint density at radius 3 is 3.00 bits per heavy atom. The fraction of sp³-hybridized carbons (Fsp3) is 0.786. The van der Waals surface area contributed by atoms with E-state index in [1.165, 1.54) is 17.7 Å². The summed E-state index contributed by atoms with van der Waals surface area (Å²) in [6.07, 6.45) is 7.15. The standard InChI is InChI=1S/C14H24N2OS/c1-3-11(4-2)14-7-12(5-6-17-14)16-9-13-8-15-10-18-13/h8,10-12,14,16H,3-7,9H2,1-2H3/t12-,14+/m1/s1. The van der Waals surface area contributed by atoms with Crippen LogP contribution in [0, 0.1) is 5.92 Å². The smallest absolute Gasteiger partial charge is 0.0794 e. The minimum absolute atomic E-state index is 0.452. The van der Waals surface area contributed by atoms with Gasteiger partial charge < -0.3 is 10.1 Å². The molecule has 1 aromatic rings. The Morgan fingerprint density at radius 2 is 2.33 bits per heavy atom. The lowest BCUT2D eigenvalue weighted by Gasteiger charge is -2.34. The minimum atomic E-state index is 0.452. The first-order valence-corrected chi connectivity index (χ1v) is 7.93. The third-order valence-corrected chi connectivity index (χ3v) is 4.72. The first-order chi connectivity index (χ1) is 8.83. The molecule has 1 N–H and O–H groups in total. The van der Waals surface area contributed by atoms with Gasteiger partial charge in [-0.3, -0.25) is 4.98 Å². The van der Waals surface area contributed by atoms with E-state index in [1.807, 2.05) is 11.7 Å². The van der Waals surface area contributed by atoms with Gasteiger partial charge in [0.15, 0.2) is 0 Å². The number of nitrogens with zero attached hydrogens (tertiary/aromatic N) is 1. The summed E-state index contributed by atoms with van der Waals surface area (Å²) in [5.41, 5.74) is 1.90. The van der Waals surface area contributed by atoms with Crippen molar-refractivity contribution >= 4 is 11.3 Å². The molecule has 0 unspecified atom stereocenters. The molecule has 18 heavy (non-hydrogen) atoms. The zero-order chi connectivity index (χ0) is 12.8. The Morgan fingerprint density at radius 1 is 1.50 bits per heavy atom. The number of hydrogen-bond acceptors (Lipinski definition) is 4. The number of ether oxygens (including phenoxy) is 1. The Kier molecular flexibility index (Phi) is 5.60. The van der Waals surface area contributed by atoms with Crippen molar-refractivity contribution in [3.8, 4) is 0 Å². The zero-order valence-electron chi connectivity index (χ0n) is 11.4. The molecule has 0 saturated carbocycles. The van der Waals surface area contributed by atoms with Gasteiger partial charge in [-0.1, -0.05) is 26.7 Å². The maximum Gasteiger partial charge on any atom is 0.0794 e. The Labute approximate surface area is 114 Å². The van der Waals surface area contributed by atoms with Crippen LogP contribution in [0.4, 0.5) is 0 Å². The summed E-state index contributed by atoms with van der Waals surface area (Å²) >= 11 is 1.72. The molecule has 3 nitrogen and oxygen atoms in total. The molecule has 2 rings (SSSR count). The van der Waals surface area contributed by atoms with E-state index in [-0.39, 0.29) is 0 Å². The summed E-state index contributed by atoms with van der Waals surface area (Å²) in [7, 11) is 0. The van der Waals surface area contributed by atoms with E-state index >= 15 is 0 Å². The third-order valence-electron chi connectivity index (χ3n) is 3.94. The molecule has 1 fully saturated rings. The van der Waals surface area contributed by atoms with Gasteiger partial charge in [-0.05, 0) is 18.8 Å². The van der Waals surface area contributed by atoms with Gasteiger partial charge in [-0.25, -0.2) is 0 Å². The highest BCUT2D eigenvalue weighted by Crippen LogP contribution is 2.25. The number of thiazole rings is 1. The lowest BCUT2D eigenvalue weighted by atomic mass is 9.89. The van der Waals surface area contributed by atoms with Crippen LogP contribution in [0.3, 0.4) is 0 Å². The molecule has 1 aliphatic rings. The van der Waals surface area contributed by atoms with Gasteiger partial charge in [0.2, 0.25) is 0 Å². The highest BCUT2D eigenvalue weighted by Gasteiger charge is 2.27. The van der Waals surface area contributed by atoms with Crippen molar-refractivity contribution < 1.29 is 4.74 Å². The second kappa shape index (κ2) is 7.22. The third kappa shape index (κ3) is 3.77. The van der Waals surface area contributed by atoms with Crippen LogP contribution in [0.25, 0.3) is 0 Å². The van der Waals surface area contributed by atoms with Gasteiger partial charge >= 0.3 is 0 Å². The molecule has 0 aromatic carbocycles. The Hall–Kier alpha value is -0.450. The summed E-state index contributed by atoms with van der Waals surface area (Å²) in [6, 6.07) is 0.603. The van der Waals surface area contributed by atoms with Crippen LogP contribution >= 0.6 is 11.3 Å². The molecule has 2 heterocycles. The molecule has 1 aromatic heterocycles. The van der Waals surface area contributed by atoms with E-state index < -0.39 is 0 Å². The molecule has 1 aliphatic heterocycles. The molecule has 0 amide bonds. The number of rotatable bonds is 6. The lowest BCUT2D eigenvalue weighted by molar-refractivity contribution is -0.0350. The fourth-order valence-corrected chi connectivity index (χ4v) is 3.28. The van der Waals surface area contributed by atoms with Crippen LogP contribution in [0.2, 0.25) is 0 Å². The zero-order valence-corrected chi connectivity index (χ0v) is 12.2. The average molecular weight is 268 g/mol. The molecule has 0 aliphatic carbocycles. The number of nitrogens with one attached hydrogen (secondary N) is 1. The van der Waals surface area contributed by atoms with Crippen molar-refractivity contribution in [2.75, 3.05) is 6.61 Å².